The Kier molecular flexibility index (Phi) is 3.18. The quantitative estimate of drug-likeness (QED) is 0.643. The van der Waals surface area contributed by atoms with E-state index in [0.29, 0.717) is 0 Å². The van der Waals surface area contributed by atoms with Crippen LogP contribution in [0.15, 0.2) is 66.2 Å². The van der Waals surface area contributed by atoms with Gasteiger partial charge in [-0.1, -0.05) is 66.2 Å². The summed E-state index contributed by atoms with van der Waals surface area (Å²) in [5.74, 6) is 3.74. The second kappa shape index (κ2) is 5.37. The van der Waals surface area contributed by atoms with E-state index in [1.54, 1.807) is 11.1 Å². The highest BCUT2D eigenvalue weighted by atomic mass is 14.5. The van der Waals surface area contributed by atoms with Crippen molar-refractivity contribution in [1.29, 1.82) is 0 Å². The minimum Gasteiger partial charge on any atom is -0.0622 e. The number of hydrogen-bond donors (Lipinski definition) is 0. The zero-order valence-corrected chi connectivity index (χ0v) is 13.6. The Bertz CT molecular complexity index is 652. The molecule has 6 rings (SSSR count). The largest absolute Gasteiger partial charge is 0.0622 e. The molecule has 4 aliphatic rings. The fourth-order valence-electron chi connectivity index (χ4n) is 5.81. The molecule has 2 aromatic carbocycles. The first kappa shape index (κ1) is 13.6. The van der Waals surface area contributed by atoms with Crippen molar-refractivity contribution in [2.45, 2.75) is 32.1 Å². The maximum atomic E-state index is 2.31. The van der Waals surface area contributed by atoms with Gasteiger partial charge in [0.1, 0.15) is 0 Å². The van der Waals surface area contributed by atoms with Gasteiger partial charge in [-0.05, 0) is 72.5 Å². The molecule has 0 N–H and O–H groups in total. The fraction of sp³-hybridized carbons (Fsp3) is 0.391. The zero-order valence-electron chi connectivity index (χ0n) is 13.6. The first-order valence-corrected chi connectivity index (χ1v) is 9.23. The summed E-state index contributed by atoms with van der Waals surface area (Å²) in [5, 5.41) is 0. The van der Waals surface area contributed by atoms with Crippen LogP contribution < -0.4 is 0 Å². The average molecular weight is 300 g/mol. The third-order valence-corrected chi connectivity index (χ3v) is 6.43. The maximum absolute atomic E-state index is 2.31. The van der Waals surface area contributed by atoms with E-state index in [0.717, 1.165) is 23.7 Å². The van der Waals surface area contributed by atoms with E-state index >= 15 is 0 Å². The van der Waals surface area contributed by atoms with Gasteiger partial charge in [-0.2, -0.15) is 0 Å². The van der Waals surface area contributed by atoms with Gasteiger partial charge in [0.2, 0.25) is 0 Å². The first-order valence-electron chi connectivity index (χ1n) is 9.23. The summed E-state index contributed by atoms with van der Waals surface area (Å²) < 4.78 is 0. The Balaban J connectivity index is 1.71. The van der Waals surface area contributed by atoms with Crippen LogP contribution >= 0.6 is 0 Å². The molecule has 23 heavy (non-hydrogen) atoms. The molecule has 116 valence electrons. The summed E-state index contributed by atoms with van der Waals surface area (Å²) in [7, 11) is 0. The van der Waals surface area contributed by atoms with Gasteiger partial charge in [-0.15, -0.1) is 0 Å². The third kappa shape index (κ3) is 2.27. The molecule has 0 spiro atoms. The average Bonchev–Trinajstić information content (AvgIpc) is 2.59. The van der Waals surface area contributed by atoms with E-state index in [2.05, 4.69) is 60.7 Å². The SMILES string of the molecule is c1ccc(C(=C2C3CC4CC(C3)CC2C4)c2ccccc2)cc1. The van der Waals surface area contributed by atoms with Gasteiger partial charge in [0.05, 0.1) is 0 Å². The number of rotatable bonds is 2. The van der Waals surface area contributed by atoms with Crippen LogP contribution in [-0.4, -0.2) is 0 Å². The second-order valence-corrected chi connectivity index (χ2v) is 7.87. The number of allylic oxidation sites excluding steroid dienone is 1. The molecule has 0 atom stereocenters. The lowest BCUT2D eigenvalue weighted by Gasteiger charge is -2.52. The van der Waals surface area contributed by atoms with Crippen molar-refractivity contribution in [3.05, 3.63) is 77.4 Å². The van der Waals surface area contributed by atoms with Crippen LogP contribution in [-0.2, 0) is 0 Å². The lowest BCUT2D eigenvalue weighted by Crippen LogP contribution is -2.40. The van der Waals surface area contributed by atoms with Gasteiger partial charge < -0.3 is 0 Å². The number of benzene rings is 2. The molecule has 0 radical (unpaired) electrons. The molecular formula is C23H24. The predicted molar refractivity (Wildman–Crippen MR) is 96.0 cm³/mol. The molecule has 0 saturated heterocycles. The molecule has 4 bridgehead atoms. The van der Waals surface area contributed by atoms with Crippen LogP contribution in [0.1, 0.15) is 43.2 Å². The summed E-state index contributed by atoms with van der Waals surface area (Å²) in [6, 6.07) is 22.2. The molecule has 4 fully saturated rings. The minimum absolute atomic E-state index is 0.849. The van der Waals surface area contributed by atoms with Crippen LogP contribution in [0.4, 0.5) is 0 Å². The van der Waals surface area contributed by atoms with E-state index in [-0.39, 0.29) is 0 Å². The van der Waals surface area contributed by atoms with Crippen molar-refractivity contribution in [1.82, 2.24) is 0 Å². The molecule has 0 heteroatoms. The molecule has 0 nitrogen and oxygen atoms in total. The van der Waals surface area contributed by atoms with Crippen molar-refractivity contribution in [3.63, 3.8) is 0 Å². The van der Waals surface area contributed by atoms with Crippen molar-refractivity contribution >= 4 is 5.57 Å². The second-order valence-electron chi connectivity index (χ2n) is 7.87. The summed E-state index contributed by atoms with van der Waals surface area (Å²) in [5.41, 5.74) is 6.19. The summed E-state index contributed by atoms with van der Waals surface area (Å²) >= 11 is 0. The standard InChI is InChI=1S/C23H24/c1-3-7-18(8-4-1)22(19-9-5-2-6-10-19)23-20-12-16-11-17(14-20)15-21(23)13-16/h1-10,16-17,20-21H,11-15H2. The van der Waals surface area contributed by atoms with Crippen molar-refractivity contribution < 1.29 is 0 Å². The van der Waals surface area contributed by atoms with E-state index in [9.17, 15) is 0 Å². The van der Waals surface area contributed by atoms with Crippen molar-refractivity contribution in [2.75, 3.05) is 0 Å². The highest BCUT2D eigenvalue weighted by Gasteiger charge is 2.46. The summed E-state index contributed by atoms with van der Waals surface area (Å²) in [4.78, 5) is 0. The Hall–Kier alpha value is -1.82. The fourth-order valence-corrected chi connectivity index (χ4v) is 5.81. The maximum Gasteiger partial charge on any atom is -0.0114 e. The van der Waals surface area contributed by atoms with Crippen LogP contribution in [0.2, 0.25) is 0 Å². The van der Waals surface area contributed by atoms with Gasteiger partial charge in [0, 0.05) is 0 Å². The lowest BCUT2D eigenvalue weighted by atomic mass is 9.53. The van der Waals surface area contributed by atoms with Crippen LogP contribution in [0.3, 0.4) is 0 Å². The van der Waals surface area contributed by atoms with Crippen LogP contribution in [0.25, 0.3) is 5.57 Å². The smallest absolute Gasteiger partial charge is 0.0114 e. The highest BCUT2D eigenvalue weighted by molar-refractivity contribution is 5.83. The Labute approximate surface area is 139 Å². The molecule has 0 aliphatic heterocycles. The van der Waals surface area contributed by atoms with Gasteiger partial charge >= 0.3 is 0 Å². The zero-order chi connectivity index (χ0) is 15.2. The monoisotopic (exact) mass is 300 g/mol. The van der Waals surface area contributed by atoms with Crippen LogP contribution in [0.5, 0.6) is 0 Å². The van der Waals surface area contributed by atoms with E-state index in [1.807, 2.05) is 0 Å². The van der Waals surface area contributed by atoms with E-state index < -0.39 is 0 Å². The molecule has 0 aromatic heterocycles. The highest BCUT2D eigenvalue weighted by Crippen LogP contribution is 2.58. The number of hydrogen-bond acceptors (Lipinski definition) is 0. The molecule has 0 unspecified atom stereocenters. The van der Waals surface area contributed by atoms with E-state index in [1.165, 1.54) is 43.2 Å². The van der Waals surface area contributed by atoms with Crippen LogP contribution in [0, 0.1) is 23.7 Å². The molecule has 0 heterocycles. The Morgan fingerprint density at radius 2 is 1.00 bits per heavy atom. The van der Waals surface area contributed by atoms with Crippen molar-refractivity contribution in [3.8, 4) is 0 Å². The molecular weight excluding hydrogens is 276 g/mol. The normalized spacial score (nSPS) is 31.4. The molecule has 4 aliphatic carbocycles. The topological polar surface area (TPSA) is 0 Å². The van der Waals surface area contributed by atoms with Gasteiger partial charge in [0.15, 0.2) is 0 Å². The predicted octanol–water partition coefficient (Wildman–Crippen LogP) is 5.94. The summed E-state index contributed by atoms with van der Waals surface area (Å²) in [6.07, 6.45) is 7.32. The Morgan fingerprint density at radius 3 is 1.43 bits per heavy atom. The Morgan fingerprint density at radius 1 is 0.565 bits per heavy atom. The third-order valence-electron chi connectivity index (χ3n) is 6.43. The van der Waals surface area contributed by atoms with Gasteiger partial charge in [0.25, 0.3) is 0 Å². The van der Waals surface area contributed by atoms with Gasteiger partial charge in [-0.3, -0.25) is 0 Å². The van der Waals surface area contributed by atoms with E-state index in [4.69, 9.17) is 0 Å². The first-order chi connectivity index (χ1) is 11.4. The minimum atomic E-state index is 0.849. The summed E-state index contributed by atoms with van der Waals surface area (Å²) in [6.45, 7) is 0. The molecule has 0 amide bonds. The molecule has 2 aromatic rings. The van der Waals surface area contributed by atoms with Crippen molar-refractivity contribution in [2.24, 2.45) is 23.7 Å². The van der Waals surface area contributed by atoms with Gasteiger partial charge in [-0.25, -0.2) is 0 Å². The molecule has 4 saturated carbocycles. The lowest BCUT2D eigenvalue weighted by molar-refractivity contribution is 0.0705.